The molecule has 1 aromatic rings. The summed E-state index contributed by atoms with van der Waals surface area (Å²) in [6, 6.07) is 4.57. The topological polar surface area (TPSA) is 105 Å². The van der Waals surface area contributed by atoms with E-state index in [-0.39, 0.29) is 41.1 Å². The van der Waals surface area contributed by atoms with E-state index >= 15 is 0 Å². The minimum Gasteiger partial charge on any atom is -0.508 e. The molecular formula is C22H30N2O5. The van der Waals surface area contributed by atoms with Crippen LogP contribution in [0.5, 0.6) is 5.75 Å². The molecule has 7 heteroatoms. The average molecular weight is 402 g/mol. The highest BCUT2D eigenvalue weighted by atomic mass is 16.5. The van der Waals surface area contributed by atoms with Gasteiger partial charge in [0.2, 0.25) is 5.91 Å². The van der Waals surface area contributed by atoms with Gasteiger partial charge in [0.15, 0.2) is 5.78 Å². The summed E-state index contributed by atoms with van der Waals surface area (Å²) in [5, 5.41) is 15.3. The Morgan fingerprint density at radius 2 is 2.03 bits per heavy atom. The molecule has 2 aliphatic rings. The Hall–Kier alpha value is -2.41. The van der Waals surface area contributed by atoms with Gasteiger partial charge in [-0.25, -0.2) is 0 Å². The highest BCUT2D eigenvalue weighted by molar-refractivity contribution is 5.99. The smallest absolute Gasteiger partial charge is 0.252 e. The highest BCUT2D eigenvalue weighted by Crippen LogP contribution is 2.41. The number of Topliss-reactive ketones (excluding diaryl/α,β-unsaturated/α-hetero) is 1. The number of benzene rings is 1. The number of nitrogens with one attached hydrogen (secondary N) is 2. The van der Waals surface area contributed by atoms with Crippen molar-refractivity contribution in [2.24, 2.45) is 5.41 Å². The molecule has 1 unspecified atom stereocenters. The van der Waals surface area contributed by atoms with E-state index in [1.54, 1.807) is 12.1 Å². The summed E-state index contributed by atoms with van der Waals surface area (Å²) < 4.78 is 5.45. The maximum atomic E-state index is 13.1. The Morgan fingerprint density at radius 1 is 1.31 bits per heavy atom. The van der Waals surface area contributed by atoms with Crippen LogP contribution in [-0.4, -0.2) is 47.5 Å². The Balaban J connectivity index is 1.75. The molecule has 3 N–H and O–H groups in total. The molecule has 29 heavy (non-hydrogen) atoms. The molecule has 3 atom stereocenters. The SMILES string of the molecule is CC[C@@H]1OCC(=O)[C@H]1NC(=O)C(CC1(C)CCCC1)NC(=O)c1cccc(O)c1. The van der Waals surface area contributed by atoms with Crippen LogP contribution >= 0.6 is 0 Å². The summed E-state index contributed by atoms with van der Waals surface area (Å²) in [6.45, 7) is 4.05. The fraction of sp³-hybridized carbons (Fsp3) is 0.591. The van der Waals surface area contributed by atoms with E-state index in [9.17, 15) is 19.5 Å². The molecule has 1 aliphatic heterocycles. The van der Waals surface area contributed by atoms with Crippen molar-refractivity contribution in [3.63, 3.8) is 0 Å². The molecule has 1 aliphatic carbocycles. The molecule has 2 fully saturated rings. The summed E-state index contributed by atoms with van der Waals surface area (Å²) in [6.07, 6.45) is 5.01. The molecule has 1 saturated heterocycles. The molecule has 1 aromatic carbocycles. The number of rotatable bonds is 7. The average Bonchev–Trinajstić information content (AvgIpc) is 3.27. The van der Waals surface area contributed by atoms with Crippen molar-refractivity contribution < 1.29 is 24.2 Å². The van der Waals surface area contributed by atoms with E-state index in [4.69, 9.17) is 4.74 Å². The van der Waals surface area contributed by atoms with E-state index in [1.165, 1.54) is 12.1 Å². The number of amides is 2. The predicted octanol–water partition coefficient (Wildman–Crippen LogP) is 2.32. The zero-order valence-corrected chi connectivity index (χ0v) is 17.1. The van der Waals surface area contributed by atoms with Gasteiger partial charge in [-0.1, -0.05) is 32.8 Å². The van der Waals surface area contributed by atoms with Crippen molar-refractivity contribution in [2.75, 3.05) is 6.61 Å². The number of ether oxygens (including phenoxy) is 1. The molecule has 3 rings (SSSR count). The highest BCUT2D eigenvalue weighted by Gasteiger charge is 2.39. The van der Waals surface area contributed by atoms with Crippen LogP contribution < -0.4 is 10.6 Å². The zero-order valence-electron chi connectivity index (χ0n) is 17.1. The minimum atomic E-state index is -0.765. The molecular weight excluding hydrogens is 372 g/mol. The molecule has 0 radical (unpaired) electrons. The van der Waals surface area contributed by atoms with Crippen LogP contribution in [0, 0.1) is 5.41 Å². The number of phenols is 1. The lowest BCUT2D eigenvalue weighted by Crippen LogP contribution is -2.54. The van der Waals surface area contributed by atoms with Gasteiger partial charge >= 0.3 is 0 Å². The van der Waals surface area contributed by atoms with Gasteiger partial charge in [0.05, 0.1) is 6.10 Å². The molecule has 0 spiro atoms. The quantitative estimate of drug-likeness (QED) is 0.649. The van der Waals surface area contributed by atoms with Crippen molar-refractivity contribution in [1.29, 1.82) is 0 Å². The van der Waals surface area contributed by atoms with E-state index in [0.29, 0.717) is 12.8 Å². The van der Waals surface area contributed by atoms with E-state index in [1.807, 2.05) is 6.92 Å². The summed E-state index contributed by atoms with van der Waals surface area (Å²) in [5.74, 6) is -0.950. The summed E-state index contributed by atoms with van der Waals surface area (Å²) in [7, 11) is 0. The molecule has 1 saturated carbocycles. The van der Waals surface area contributed by atoms with Crippen LogP contribution in [0.4, 0.5) is 0 Å². The third-order valence-electron chi connectivity index (χ3n) is 6.10. The fourth-order valence-electron chi connectivity index (χ4n) is 4.39. The third kappa shape index (κ3) is 5.15. The van der Waals surface area contributed by atoms with Gasteiger partial charge in [-0.3, -0.25) is 14.4 Å². The molecule has 0 bridgehead atoms. The molecule has 158 valence electrons. The van der Waals surface area contributed by atoms with Crippen molar-refractivity contribution in [3.8, 4) is 5.75 Å². The number of aromatic hydroxyl groups is 1. The second kappa shape index (κ2) is 8.95. The van der Waals surface area contributed by atoms with Crippen LogP contribution in [0.3, 0.4) is 0 Å². The second-order valence-corrected chi connectivity index (χ2v) is 8.51. The lowest BCUT2D eigenvalue weighted by molar-refractivity contribution is -0.128. The number of phenolic OH excluding ortho intramolecular Hbond substituents is 1. The van der Waals surface area contributed by atoms with Gasteiger partial charge in [0, 0.05) is 5.56 Å². The van der Waals surface area contributed by atoms with Crippen LogP contribution in [0.1, 0.15) is 62.7 Å². The van der Waals surface area contributed by atoms with Gasteiger partial charge in [0.1, 0.15) is 24.4 Å². The predicted molar refractivity (Wildman–Crippen MR) is 108 cm³/mol. The Kier molecular flexibility index (Phi) is 6.57. The number of carbonyl (C=O) groups excluding carboxylic acids is 3. The number of carbonyl (C=O) groups is 3. The lowest BCUT2D eigenvalue weighted by atomic mass is 9.81. The Bertz CT molecular complexity index is 772. The fourth-order valence-corrected chi connectivity index (χ4v) is 4.39. The largest absolute Gasteiger partial charge is 0.508 e. The van der Waals surface area contributed by atoms with Gasteiger partial charge in [-0.2, -0.15) is 0 Å². The third-order valence-corrected chi connectivity index (χ3v) is 6.10. The van der Waals surface area contributed by atoms with E-state index in [2.05, 4.69) is 17.6 Å². The van der Waals surface area contributed by atoms with Gasteiger partial charge in [-0.05, 0) is 49.3 Å². The van der Waals surface area contributed by atoms with Crippen molar-refractivity contribution in [1.82, 2.24) is 10.6 Å². The molecule has 1 heterocycles. The summed E-state index contributed by atoms with van der Waals surface area (Å²) in [4.78, 5) is 37.9. The van der Waals surface area contributed by atoms with Crippen molar-refractivity contribution in [3.05, 3.63) is 29.8 Å². The van der Waals surface area contributed by atoms with E-state index in [0.717, 1.165) is 25.7 Å². The Morgan fingerprint density at radius 3 is 2.69 bits per heavy atom. The number of ketones is 1. The van der Waals surface area contributed by atoms with Crippen LogP contribution in [0.25, 0.3) is 0 Å². The second-order valence-electron chi connectivity index (χ2n) is 8.51. The van der Waals surface area contributed by atoms with Gasteiger partial charge < -0.3 is 20.5 Å². The number of hydrogen-bond acceptors (Lipinski definition) is 5. The first-order valence-corrected chi connectivity index (χ1v) is 10.4. The first-order chi connectivity index (χ1) is 13.8. The first kappa shape index (κ1) is 21.3. The summed E-state index contributed by atoms with van der Waals surface area (Å²) >= 11 is 0. The lowest BCUT2D eigenvalue weighted by Gasteiger charge is -2.30. The minimum absolute atomic E-state index is 0.00147. The number of hydrogen-bond donors (Lipinski definition) is 3. The van der Waals surface area contributed by atoms with Gasteiger partial charge in [0.25, 0.3) is 5.91 Å². The van der Waals surface area contributed by atoms with Crippen molar-refractivity contribution >= 4 is 17.6 Å². The standard InChI is InChI=1S/C22H30N2O5/c1-3-18-19(17(26)13-29-18)24-21(28)16(12-22(2)9-4-5-10-22)23-20(27)14-7-6-8-15(25)11-14/h6-8,11,16,18-19,25H,3-5,9-10,12-13H2,1-2H3,(H,23,27)(H,24,28)/t16?,18-,19+/m0/s1. The van der Waals surface area contributed by atoms with Crippen LogP contribution in [-0.2, 0) is 14.3 Å². The molecule has 0 aromatic heterocycles. The summed E-state index contributed by atoms with van der Waals surface area (Å²) in [5.41, 5.74) is 0.250. The maximum Gasteiger partial charge on any atom is 0.252 e. The van der Waals surface area contributed by atoms with E-state index < -0.39 is 18.0 Å². The van der Waals surface area contributed by atoms with Gasteiger partial charge in [-0.15, -0.1) is 0 Å². The van der Waals surface area contributed by atoms with Crippen LogP contribution in [0.15, 0.2) is 24.3 Å². The normalized spacial score (nSPS) is 24.3. The molecule has 2 amide bonds. The molecule has 7 nitrogen and oxygen atoms in total. The zero-order chi connectivity index (χ0) is 21.0. The van der Waals surface area contributed by atoms with Crippen LogP contribution in [0.2, 0.25) is 0 Å². The Labute approximate surface area is 171 Å². The first-order valence-electron chi connectivity index (χ1n) is 10.4. The monoisotopic (exact) mass is 402 g/mol. The maximum absolute atomic E-state index is 13.1. The van der Waals surface area contributed by atoms with Crippen molar-refractivity contribution in [2.45, 2.75) is 70.6 Å².